The number of carboxylic acid groups (broad SMARTS) is 1. The molecule has 1 saturated heterocycles. The molecule has 0 unspecified atom stereocenters. The molecule has 1 heterocycles. The van der Waals surface area contributed by atoms with E-state index in [1.807, 2.05) is 0 Å². The second kappa shape index (κ2) is 6.43. The van der Waals surface area contributed by atoms with Gasteiger partial charge in [-0.2, -0.15) is 0 Å². The average Bonchev–Trinajstić information content (AvgIpc) is 2.41. The van der Waals surface area contributed by atoms with Gasteiger partial charge in [-0.15, -0.1) is 4.83 Å². The minimum absolute atomic E-state index is 0.0466. The highest BCUT2D eigenvalue weighted by Crippen LogP contribution is 2.27. The normalized spacial score (nSPS) is 16.9. The highest BCUT2D eigenvalue weighted by molar-refractivity contribution is 9.10. The van der Waals surface area contributed by atoms with Crippen LogP contribution in [0.3, 0.4) is 0 Å². The van der Waals surface area contributed by atoms with Crippen molar-refractivity contribution in [2.24, 2.45) is 0 Å². The quantitative estimate of drug-likeness (QED) is 0.840. The monoisotopic (exact) mass is 376 g/mol. The van der Waals surface area contributed by atoms with Crippen LogP contribution in [0.15, 0.2) is 21.5 Å². The average molecular weight is 377 g/mol. The molecule has 0 atom stereocenters. The van der Waals surface area contributed by atoms with Gasteiger partial charge in [-0.25, -0.2) is 18.2 Å². The van der Waals surface area contributed by atoms with Gasteiger partial charge < -0.3 is 5.11 Å². The van der Waals surface area contributed by atoms with Gasteiger partial charge in [0.1, 0.15) is 0 Å². The molecule has 1 fully saturated rings. The predicted octanol–water partition coefficient (Wildman–Crippen LogP) is 2.13. The van der Waals surface area contributed by atoms with Crippen molar-refractivity contribution >= 4 is 31.9 Å². The first-order valence-electron chi connectivity index (χ1n) is 6.62. The van der Waals surface area contributed by atoms with Gasteiger partial charge in [0, 0.05) is 17.6 Å². The summed E-state index contributed by atoms with van der Waals surface area (Å²) in [4.78, 5) is 13.6. The Balaban J connectivity index is 2.36. The molecule has 1 aromatic carbocycles. The Hall–Kier alpha value is -0.960. The Morgan fingerprint density at radius 1 is 1.29 bits per heavy atom. The number of carbonyl (C=O) groups is 1. The Morgan fingerprint density at radius 3 is 2.48 bits per heavy atom. The van der Waals surface area contributed by atoms with Crippen LogP contribution in [-0.2, 0) is 10.0 Å². The molecule has 116 valence electrons. The second-order valence-electron chi connectivity index (χ2n) is 5.05. The van der Waals surface area contributed by atoms with Gasteiger partial charge in [-0.05, 0) is 53.4 Å². The lowest BCUT2D eigenvalue weighted by Crippen LogP contribution is -2.45. The van der Waals surface area contributed by atoms with Crippen LogP contribution in [0.4, 0.5) is 0 Å². The third-order valence-corrected chi connectivity index (χ3v) is 6.08. The van der Waals surface area contributed by atoms with Gasteiger partial charge in [0.2, 0.25) is 0 Å². The van der Waals surface area contributed by atoms with E-state index in [0.29, 0.717) is 23.1 Å². The van der Waals surface area contributed by atoms with Crippen LogP contribution in [0.2, 0.25) is 0 Å². The number of hydrazine groups is 1. The molecule has 2 rings (SSSR count). The number of carboxylic acids is 1. The third-order valence-electron chi connectivity index (χ3n) is 3.36. The molecular weight excluding hydrogens is 360 g/mol. The molecule has 1 aromatic rings. The first-order valence-corrected chi connectivity index (χ1v) is 8.90. The van der Waals surface area contributed by atoms with Crippen molar-refractivity contribution < 1.29 is 18.3 Å². The van der Waals surface area contributed by atoms with Gasteiger partial charge in [-0.1, -0.05) is 6.42 Å². The van der Waals surface area contributed by atoms with Gasteiger partial charge in [0.15, 0.2) is 0 Å². The maximum atomic E-state index is 12.5. The van der Waals surface area contributed by atoms with Crippen LogP contribution in [0, 0.1) is 6.92 Å². The van der Waals surface area contributed by atoms with Crippen LogP contribution in [0.25, 0.3) is 0 Å². The maximum Gasteiger partial charge on any atom is 0.335 e. The summed E-state index contributed by atoms with van der Waals surface area (Å²) in [7, 11) is -3.80. The zero-order valence-electron chi connectivity index (χ0n) is 11.6. The van der Waals surface area contributed by atoms with Crippen LogP contribution < -0.4 is 4.83 Å². The molecule has 6 nitrogen and oxygen atoms in total. The maximum absolute atomic E-state index is 12.5. The smallest absolute Gasteiger partial charge is 0.335 e. The van der Waals surface area contributed by atoms with Gasteiger partial charge in [0.25, 0.3) is 10.0 Å². The summed E-state index contributed by atoms with van der Waals surface area (Å²) in [5, 5.41) is 10.7. The summed E-state index contributed by atoms with van der Waals surface area (Å²) in [6.07, 6.45) is 2.98. The zero-order chi connectivity index (χ0) is 15.6. The van der Waals surface area contributed by atoms with Crippen LogP contribution in [-0.4, -0.2) is 37.6 Å². The second-order valence-corrected chi connectivity index (χ2v) is 7.48. The minimum atomic E-state index is -3.80. The molecule has 0 aliphatic carbocycles. The van der Waals surface area contributed by atoms with E-state index in [1.165, 1.54) is 12.1 Å². The summed E-state index contributed by atoms with van der Waals surface area (Å²) < 4.78 is 25.3. The summed E-state index contributed by atoms with van der Waals surface area (Å²) in [5.41, 5.74) is 0.517. The molecular formula is C13H17BrN2O4S. The lowest BCUT2D eigenvalue weighted by atomic mass is 10.1. The minimum Gasteiger partial charge on any atom is -0.478 e. The van der Waals surface area contributed by atoms with Gasteiger partial charge in [-0.3, -0.25) is 0 Å². The highest BCUT2D eigenvalue weighted by atomic mass is 79.9. The molecule has 8 heteroatoms. The summed E-state index contributed by atoms with van der Waals surface area (Å²) in [6.45, 7) is 2.99. The number of nitrogens with zero attached hydrogens (tertiary/aromatic N) is 1. The summed E-state index contributed by atoms with van der Waals surface area (Å²) in [5.74, 6) is -1.15. The van der Waals surface area contributed by atoms with Crippen molar-refractivity contribution in [2.45, 2.75) is 31.1 Å². The molecule has 0 spiro atoms. The number of sulfonamides is 1. The lowest BCUT2D eigenvalue weighted by Gasteiger charge is -2.27. The number of aromatic carboxylic acids is 1. The van der Waals surface area contributed by atoms with Crippen LogP contribution >= 0.6 is 15.9 Å². The highest BCUT2D eigenvalue weighted by Gasteiger charge is 2.24. The van der Waals surface area contributed by atoms with Gasteiger partial charge in [0.05, 0.1) is 10.5 Å². The number of halogens is 1. The Bertz CT molecular complexity index is 654. The number of piperidine rings is 1. The van der Waals surface area contributed by atoms with E-state index in [-0.39, 0.29) is 10.5 Å². The standard InChI is InChI=1S/C13H17BrN2O4S/c1-9-7-10(13(17)18)8-11(12(9)14)21(19,20)15-16-5-3-2-4-6-16/h7-8,15H,2-6H2,1H3,(H,17,18). The molecule has 0 aromatic heterocycles. The van der Waals surface area contributed by atoms with E-state index >= 15 is 0 Å². The zero-order valence-corrected chi connectivity index (χ0v) is 14.0. The van der Waals surface area contributed by atoms with Crippen LogP contribution in [0.5, 0.6) is 0 Å². The van der Waals surface area contributed by atoms with E-state index in [1.54, 1.807) is 11.9 Å². The number of hydrogen-bond donors (Lipinski definition) is 2. The number of rotatable bonds is 4. The molecule has 2 N–H and O–H groups in total. The fraction of sp³-hybridized carbons (Fsp3) is 0.462. The lowest BCUT2D eigenvalue weighted by molar-refractivity contribution is 0.0696. The van der Waals surface area contributed by atoms with E-state index in [9.17, 15) is 13.2 Å². The Morgan fingerprint density at radius 2 is 1.90 bits per heavy atom. The molecule has 21 heavy (non-hydrogen) atoms. The number of nitrogens with one attached hydrogen (secondary N) is 1. The van der Waals surface area contributed by atoms with E-state index in [2.05, 4.69) is 20.8 Å². The molecule has 0 amide bonds. The van der Waals surface area contributed by atoms with Crippen LogP contribution in [0.1, 0.15) is 35.2 Å². The molecule has 1 aliphatic rings. The molecule has 1 aliphatic heterocycles. The first kappa shape index (κ1) is 16.4. The van der Waals surface area contributed by atoms with Crippen molar-refractivity contribution in [3.63, 3.8) is 0 Å². The first-order chi connectivity index (χ1) is 9.81. The Kier molecular flexibility index (Phi) is 5.03. The summed E-state index contributed by atoms with van der Waals surface area (Å²) >= 11 is 3.23. The molecule has 0 radical (unpaired) electrons. The fourth-order valence-corrected chi connectivity index (χ4v) is 4.43. The third kappa shape index (κ3) is 3.82. The Labute approximate surface area is 132 Å². The van der Waals surface area contributed by atoms with Crippen molar-refractivity contribution in [2.75, 3.05) is 13.1 Å². The van der Waals surface area contributed by atoms with E-state index in [0.717, 1.165) is 19.3 Å². The SMILES string of the molecule is Cc1cc(C(=O)O)cc(S(=O)(=O)NN2CCCCC2)c1Br. The van der Waals surface area contributed by atoms with E-state index in [4.69, 9.17) is 5.11 Å². The summed E-state index contributed by atoms with van der Waals surface area (Å²) in [6, 6.07) is 2.61. The topological polar surface area (TPSA) is 86.7 Å². The largest absolute Gasteiger partial charge is 0.478 e. The van der Waals surface area contributed by atoms with Crippen molar-refractivity contribution in [1.82, 2.24) is 9.84 Å². The number of hydrogen-bond acceptors (Lipinski definition) is 4. The van der Waals surface area contributed by atoms with Gasteiger partial charge >= 0.3 is 5.97 Å². The number of benzene rings is 1. The predicted molar refractivity (Wildman–Crippen MR) is 81.6 cm³/mol. The molecule has 0 saturated carbocycles. The van der Waals surface area contributed by atoms with Crippen molar-refractivity contribution in [3.05, 3.63) is 27.7 Å². The molecule has 0 bridgehead atoms. The van der Waals surface area contributed by atoms with Crippen molar-refractivity contribution in [1.29, 1.82) is 0 Å². The fourth-order valence-electron chi connectivity index (χ4n) is 2.26. The number of aryl methyl sites for hydroxylation is 1. The van der Waals surface area contributed by atoms with Crippen molar-refractivity contribution in [3.8, 4) is 0 Å². The van der Waals surface area contributed by atoms with E-state index < -0.39 is 16.0 Å².